The van der Waals surface area contributed by atoms with E-state index in [1.54, 1.807) is 7.11 Å². The van der Waals surface area contributed by atoms with Gasteiger partial charge in [-0.3, -0.25) is 0 Å². The van der Waals surface area contributed by atoms with Crippen LogP contribution >= 0.6 is 0 Å². The van der Waals surface area contributed by atoms with Gasteiger partial charge in [0.15, 0.2) is 0 Å². The predicted octanol–water partition coefficient (Wildman–Crippen LogP) is 3.49. The van der Waals surface area contributed by atoms with E-state index in [9.17, 15) is 0 Å². The van der Waals surface area contributed by atoms with Crippen LogP contribution < -0.4 is 0 Å². The van der Waals surface area contributed by atoms with Crippen LogP contribution in [0, 0.1) is 17.8 Å². The number of methoxy groups -OCH3 is 1. The molecule has 1 rings (SSSR count). The molecule has 0 aromatic heterocycles. The van der Waals surface area contributed by atoms with Crippen molar-refractivity contribution in [2.24, 2.45) is 17.8 Å². The molecule has 0 heterocycles. The maximum absolute atomic E-state index is 5.08. The minimum Gasteiger partial charge on any atom is -0.385 e. The van der Waals surface area contributed by atoms with Crippen molar-refractivity contribution in [3.05, 3.63) is 0 Å². The average molecular weight is 184 g/mol. The van der Waals surface area contributed by atoms with Crippen LogP contribution in [-0.2, 0) is 4.74 Å². The van der Waals surface area contributed by atoms with Crippen LogP contribution in [0.4, 0.5) is 0 Å². The molecule has 1 nitrogen and oxygen atoms in total. The van der Waals surface area contributed by atoms with Gasteiger partial charge in [0, 0.05) is 13.7 Å². The maximum Gasteiger partial charge on any atom is 0.0465 e. The summed E-state index contributed by atoms with van der Waals surface area (Å²) in [5, 5.41) is 0. The molecule has 2 atom stereocenters. The van der Waals surface area contributed by atoms with Gasteiger partial charge in [-0.15, -0.1) is 0 Å². The standard InChI is InChI=1S/C12H24O/c1-10(2)5-4-6-11-9-12(11)7-8-13-3/h10-12H,4-9H2,1-3H3. The molecule has 1 saturated carbocycles. The van der Waals surface area contributed by atoms with Gasteiger partial charge in [-0.25, -0.2) is 0 Å². The van der Waals surface area contributed by atoms with Crippen LogP contribution in [0.1, 0.15) is 46.0 Å². The third-order valence-electron chi connectivity index (χ3n) is 3.12. The Bertz CT molecular complexity index is 131. The number of ether oxygens (including phenoxy) is 1. The predicted molar refractivity (Wildman–Crippen MR) is 56.8 cm³/mol. The first-order valence-electron chi connectivity index (χ1n) is 5.73. The Morgan fingerprint density at radius 1 is 1.23 bits per heavy atom. The minimum absolute atomic E-state index is 0.885. The summed E-state index contributed by atoms with van der Waals surface area (Å²) in [5.41, 5.74) is 0. The number of hydrogen-bond acceptors (Lipinski definition) is 1. The van der Waals surface area contributed by atoms with E-state index in [4.69, 9.17) is 4.74 Å². The van der Waals surface area contributed by atoms with Crippen molar-refractivity contribution in [3.8, 4) is 0 Å². The molecule has 0 bridgehead atoms. The molecular weight excluding hydrogens is 160 g/mol. The zero-order chi connectivity index (χ0) is 9.68. The highest BCUT2D eigenvalue weighted by Crippen LogP contribution is 2.44. The van der Waals surface area contributed by atoms with Crippen LogP contribution in [-0.4, -0.2) is 13.7 Å². The largest absolute Gasteiger partial charge is 0.385 e. The zero-order valence-electron chi connectivity index (χ0n) is 9.38. The molecule has 0 amide bonds. The van der Waals surface area contributed by atoms with Gasteiger partial charge in [0.1, 0.15) is 0 Å². The summed E-state index contributed by atoms with van der Waals surface area (Å²) >= 11 is 0. The van der Waals surface area contributed by atoms with E-state index in [0.717, 1.165) is 24.4 Å². The Morgan fingerprint density at radius 2 is 1.92 bits per heavy atom. The molecule has 0 aromatic carbocycles. The molecular formula is C12H24O. The van der Waals surface area contributed by atoms with E-state index in [1.165, 1.54) is 32.1 Å². The third kappa shape index (κ3) is 4.66. The van der Waals surface area contributed by atoms with Crippen LogP contribution in [0.5, 0.6) is 0 Å². The lowest BCUT2D eigenvalue weighted by Crippen LogP contribution is -1.93. The van der Waals surface area contributed by atoms with E-state index in [-0.39, 0.29) is 0 Å². The van der Waals surface area contributed by atoms with Crippen molar-refractivity contribution in [2.45, 2.75) is 46.0 Å². The summed E-state index contributed by atoms with van der Waals surface area (Å²) in [6.07, 6.45) is 7.08. The summed E-state index contributed by atoms with van der Waals surface area (Å²) < 4.78 is 5.08. The Morgan fingerprint density at radius 3 is 2.54 bits per heavy atom. The Balaban J connectivity index is 1.89. The Kier molecular flexibility index (Phi) is 4.79. The Labute approximate surface area is 82.9 Å². The van der Waals surface area contributed by atoms with E-state index in [2.05, 4.69) is 13.8 Å². The van der Waals surface area contributed by atoms with Crippen molar-refractivity contribution in [2.75, 3.05) is 13.7 Å². The summed E-state index contributed by atoms with van der Waals surface area (Å²) in [7, 11) is 1.80. The van der Waals surface area contributed by atoms with Gasteiger partial charge in [-0.2, -0.15) is 0 Å². The third-order valence-corrected chi connectivity index (χ3v) is 3.12. The summed E-state index contributed by atoms with van der Waals surface area (Å²) in [5.74, 6) is 2.94. The molecule has 0 radical (unpaired) electrons. The van der Waals surface area contributed by atoms with Gasteiger partial charge in [0.05, 0.1) is 0 Å². The number of hydrogen-bond donors (Lipinski definition) is 0. The van der Waals surface area contributed by atoms with Gasteiger partial charge >= 0.3 is 0 Å². The second-order valence-electron chi connectivity index (χ2n) is 4.86. The first kappa shape index (κ1) is 11.0. The Hall–Kier alpha value is -0.0400. The van der Waals surface area contributed by atoms with E-state index in [0.29, 0.717) is 0 Å². The smallest absolute Gasteiger partial charge is 0.0465 e. The minimum atomic E-state index is 0.885. The molecule has 13 heavy (non-hydrogen) atoms. The van der Waals surface area contributed by atoms with Crippen LogP contribution in [0.3, 0.4) is 0 Å². The van der Waals surface area contributed by atoms with Crippen LogP contribution in [0.15, 0.2) is 0 Å². The lowest BCUT2D eigenvalue weighted by molar-refractivity contribution is 0.188. The molecule has 78 valence electrons. The van der Waals surface area contributed by atoms with Gasteiger partial charge in [0.2, 0.25) is 0 Å². The van der Waals surface area contributed by atoms with Gasteiger partial charge in [0.25, 0.3) is 0 Å². The maximum atomic E-state index is 5.08. The number of rotatable bonds is 7. The summed E-state index contributed by atoms with van der Waals surface area (Å²) in [6, 6.07) is 0. The highest BCUT2D eigenvalue weighted by molar-refractivity contribution is 4.85. The van der Waals surface area contributed by atoms with E-state index < -0.39 is 0 Å². The molecule has 0 N–H and O–H groups in total. The van der Waals surface area contributed by atoms with E-state index >= 15 is 0 Å². The fourth-order valence-corrected chi connectivity index (χ4v) is 2.07. The second kappa shape index (κ2) is 5.64. The molecule has 2 unspecified atom stereocenters. The van der Waals surface area contributed by atoms with E-state index in [1.807, 2.05) is 0 Å². The first-order chi connectivity index (χ1) is 6.24. The van der Waals surface area contributed by atoms with Crippen molar-refractivity contribution in [3.63, 3.8) is 0 Å². The molecule has 0 spiro atoms. The lowest BCUT2D eigenvalue weighted by Gasteiger charge is -2.03. The second-order valence-corrected chi connectivity index (χ2v) is 4.86. The highest BCUT2D eigenvalue weighted by Gasteiger charge is 2.35. The molecule has 1 aliphatic rings. The molecule has 1 fully saturated rings. The fourth-order valence-electron chi connectivity index (χ4n) is 2.07. The van der Waals surface area contributed by atoms with Gasteiger partial charge in [-0.05, 0) is 30.6 Å². The lowest BCUT2D eigenvalue weighted by atomic mass is 10.0. The van der Waals surface area contributed by atoms with Crippen LogP contribution in [0.25, 0.3) is 0 Å². The average Bonchev–Trinajstić information content (AvgIpc) is 2.80. The summed E-state index contributed by atoms with van der Waals surface area (Å²) in [6.45, 7) is 5.59. The summed E-state index contributed by atoms with van der Waals surface area (Å²) in [4.78, 5) is 0. The monoisotopic (exact) mass is 184 g/mol. The molecule has 1 aliphatic carbocycles. The molecule has 0 aromatic rings. The highest BCUT2D eigenvalue weighted by atomic mass is 16.5. The van der Waals surface area contributed by atoms with Crippen molar-refractivity contribution >= 4 is 0 Å². The quantitative estimate of drug-likeness (QED) is 0.588. The van der Waals surface area contributed by atoms with Crippen LogP contribution in [0.2, 0.25) is 0 Å². The van der Waals surface area contributed by atoms with Gasteiger partial charge in [-0.1, -0.05) is 33.1 Å². The first-order valence-corrected chi connectivity index (χ1v) is 5.73. The normalized spacial score (nSPS) is 26.8. The topological polar surface area (TPSA) is 9.23 Å². The van der Waals surface area contributed by atoms with Crippen molar-refractivity contribution in [1.29, 1.82) is 0 Å². The zero-order valence-corrected chi connectivity index (χ0v) is 9.38. The van der Waals surface area contributed by atoms with Gasteiger partial charge < -0.3 is 4.74 Å². The van der Waals surface area contributed by atoms with Crippen molar-refractivity contribution < 1.29 is 4.74 Å². The molecule has 0 aliphatic heterocycles. The molecule has 1 heteroatoms. The van der Waals surface area contributed by atoms with Crippen molar-refractivity contribution in [1.82, 2.24) is 0 Å². The SMILES string of the molecule is COCCC1CC1CCCC(C)C. The molecule has 0 saturated heterocycles. The fraction of sp³-hybridized carbons (Fsp3) is 1.00.